The molecule has 0 aliphatic carbocycles. The van der Waals surface area contributed by atoms with E-state index in [1.807, 2.05) is 0 Å². The number of Topliss-reactive ketones (excluding diaryl/α,β-unsaturated/α-hetero) is 1. The van der Waals surface area contributed by atoms with E-state index in [9.17, 15) is 22.8 Å². The van der Waals surface area contributed by atoms with Gasteiger partial charge in [-0.15, -0.1) is 11.3 Å². The van der Waals surface area contributed by atoms with Gasteiger partial charge in [0.1, 0.15) is 15.7 Å². The monoisotopic (exact) mass is 405 g/mol. The fourth-order valence-electron chi connectivity index (χ4n) is 2.45. The number of carbonyl (C=O) groups is 2. The molecule has 0 N–H and O–H groups in total. The third-order valence-electron chi connectivity index (χ3n) is 3.93. The number of hydrogen-bond donors (Lipinski definition) is 0. The van der Waals surface area contributed by atoms with Crippen molar-refractivity contribution in [3.63, 3.8) is 0 Å². The largest absolute Gasteiger partial charge is 0.450 e. The lowest BCUT2D eigenvalue weighted by Gasteiger charge is -2.12. The number of hydrogen-bond acceptors (Lipinski definition) is 5. The van der Waals surface area contributed by atoms with Crippen LogP contribution < -0.4 is 0 Å². The number of halogens is 3. The first-order valence-electron chi connectivity index (χ1n) is 8.20. The van der Waals surface area contributed by atoms with Crippen molar-refractivity contribution < 1.29 is 27.5 Å². The van der Waals surface area contributed by atoms with Gasteiger partial charge in [0.15, 0.2) is 17.7 Å². The van der Waals surface area contributed by atoms with E-state index >= 15 is 0 Å². The molecule has 0 aliphatic rings. The van der Waals surface area contributed by atoms with Gasteiger partial charge in [-0.25, -0.2) is 22.9 Å². The fraction of sp³-hybridized carbons (Fsp3) is 0.150. The molecule has 144 valence electrons. The molecule has 1 heterocycles. The maximum absolute atomic E-state index is 13.3. The molecule has 8 heteroatoms. The van der Waals surface area contributed by atoms with Crippen molar-refractivity contribution in [1.82, 2.24) is 4.98 Å². The van der Waals surface area contributed by atoms with Crippen molar-refractivity contribution in [1.29, 1.82) is 0 Å². The maximum atomic E-state index is 13.3. The Balaban J connectivity index is 1.76. The highest BCUT2D eigenvalue weighted by molar-refractivity contribution is 7.17. The molecule has 0 radical (unpaired) electrons. The lowest BCUT2D eigenvalue weighted by molar-refractivity contribution is 0.0322. The molecule has 28 heavy (non-hydrogen) atoms. The molecule has 0 unspecified atom stereocenters. The molecule has 0 spiro atoms. The van der Waals surface area contributed by atoms with Crippen LogP contribution in [0, 0.1) is 24.4 Å². The van der Waals surface area contributed by atoms with Crippen LogP contribution in [0.25, 0.3) is 10.6 Å². The molecule has 4 nitrogen and oxygen atoms in total. The summed E-state index contributed by atoms with van der Waals surface area (Å²) in [5.41, 5.74) is 0.938. The van der Waals surface area contributed by atoms with E-state index in [1.165, 1.54) is 31.2 Å². The van der Waals surface area contributed by atoms with Gasteiger partial charge < -0.3 is 4.74 Å². The summed E-state index contributed by atoms with van der Waals surface area (Å²) in [6.07, 6.45) is -1.20. The number of carbonyl (C=O) groups excluding carboxylic acids is 2. The van der Waals surface area contributed by atoms with Gasteiger partial charge in [-0.3, -0.25) is 4.79 Å². The summed E-state index contributed by atoms with van der Waals surface area (Å²) in [6, 6.07) is 8.36. The van der Waals surface area contributed by atoms with Crippen LogP contribution in [0.2, 0.25) is 0 Å². The third kappa shape index (κ3) is 4.12. The van der Waals surface area contributed by atoms with Crippen LogP contribution in [-0.2, 0) is 4.74 Å². The minimum atomic E-state index is -1.20. The highest BCUT2D eigenvalue weighted by Crippen LogP contribution is 2.29. The zero-order chi connectivity index (χ0) is 20.4. The summed E-state index contributed by atoms with van der Waals surface area (Å²) >= 11 is 1.05. The van der Waals surface area contributed by atoms with Crippen LogP contribution in [-0.4, -0.2) is 22.8 Å². The molecule has 0 saturated carbocycles. The summed E-state index contributed by atoms with van der Waals surface area (Å²) in [5, 5.41) is 0.504. The normalized spacial score (nSPS) is 11.9. The first-order chi connectivity index (χ1) is 13.3. The summed E-state index contributed by atoms with van der Waals surface area (Å²) in [7, 11) is 0. The second kappa shape index (κ2) is 7.93. The molecule has 0 bridgehead atoms. The van der Waals surface area contributed by atoms with Gasteiger partial charge in [-0.05, 0) is 56.3 Å². The van der Waals surface area contributed by atoms with E-state index in [4.69, 9.17) is 4.74 Å². The highest BCUT2D eigenvalue weighted by atomic mass is 32.1. The quantitative estimate of drug-likeness (QED) is 0.445. The number of thiazole rings is 1. The van der Waals surface area contributed by atoms with Crippen LogP contribution in [0.5, 0.6) is 0 Å². The van der Waals surface area contributed by atoms with E-state index < -0.39 is 29.5 Å². The van der Waals surface area contributed by atoms with Crippen LogP contribution >= 0.6 is 11.3 Å². The van der Waals surface area contributed by atoms with Crippen LogP contribution in [0.15, 0.2) is 42.5 Å². The lowest BCUT2D eigenvalue weighted by atomic mass is 10.1. The average Bonchev–Trinajstić information content (AvgIpc) is 3.05. The van der Waals surface area contributed by atoms with Gasteiger partial charge in [-0.1, -0.05) is 0 Å². The summed E-state index contributed by atoms with van der Waals surface area (Å²) < 4.78 is 44.5. The Morgan fingerprint density at radius 2 is 1.71 bits per heavy atom. The predicted molar refractivity (Wildman–Crippen MR) is 97.8 cm³/mol. The molecule has 1 aromatic heterocycles. The Bertz CT molecular complexity index is 1050. The number of ether oxygens (including phenoxy) is 1. The molecular weight excluding hydrogens is 391 g/mol. The number of esters is 1. The lowest BCUT2D eigenvalue weighted by Crippen LogP contribution is -2.24. The smallest absolute Gasteiger partial charge is 0.350 e. The van der Waals surface area contributed by atoms with Crippen LogP contribution in [0.4, 0.5) is 13.2 Å². The number of nitrogens with zero attached hydrogens (tertiary/aromatic N) is 1. The molecule has 2 aromatic carbocycles. The number of aromatic nitrogens is 1. The van der Waals surface area contributed by atoms with Crippen LogP contribution in [0.3, 0.4) is 0 Å². The van der Waals surface area contributed by atoms with Gasteiger partial charge in [0.25, 0.3) is 0 Å². The predicted octanol–water partition coefficient (Wildman–Crippen LogP) is 4.96. The SMILES string of the molecule is Cc1nc(-c2ccc(F)cc2)sc1C(=O)O[C@H](C)C(=O)c1ccc(F)c(F)c1. The highest BCUT2D eigenvalue weighted by Gasteiger charge is 2.24. The molecule has 3 rings (SSSR count). The second-order valence-corrected chi connectivity index (χ2v) is 6.98. The molecule has 0 amide bonds. The van der Waals surface area contributed by atoms with Crippen molar-refractivity contribution in [2.24, 2.45) is 0 Å². The number of rotatable bonds is 5. The van der Waals surface area contributed by atoms with Crippen LogP contribution in [0.1, 0.15) is 32.6 Å². The molecule has 1 atom stereocenters. The average molecular weight is 405 g/mol. The summed E-state index contributed by atoms with van der Waals surface area (Å²) in [5.74, 6) is -4.04. The van der Waals surface area contributed by atoms with Crippen molar-refractivity contribution in [3.8, 4) is 10.6 Å². The van der Waals surface area contributed by atoms with E-state index in [1.54, 1.807) is 6.92 Å². The molecule has 0 fully saturated rings. The Kier molecular flexibility index (Phi) is 5.60. The Labute approximate surface area is 162 Å². The van der Waals surface area contributed by atoms with Gasteiger partial charge in [0, 0.05) is 11.1 Å². The van der Waals surface area contributed by atoms with Gasteiger partial charge in [-0.2, -0.15) is 0 Å². The minimum Gasteiger partial charge on any atom is -0.450 e. The standard InChI is InChI=1S/C20H14F3NO3S/c1-10-18(28-19(24-10)12-3-6-14(21)7-4-12)20(26)27-11(2)17(25)13-5-8-15(22)16(23)9-13/h3-9,11H,1-2H3/t11-/m1/s1. The molecule has 0 aliphatic heterocycles. The number of benzene rings is 2. The van der Waals surface area contributed by atoms with E-state index in [2.05, 4.69) is 4.98 Å². The molecular formula is C20H14F3NO3S. The summed E-state index contributed by atoms with van der Waals surface area (Å²) in [4.78, 5) is 29.2. The van der Waals surface area contributed by atoms with Crippen molar-refractivity contribution in [3.05, 3.63) is 76.1 Å². The molecule has 0 saturated heterocycles. The van der Waals surface area contributed by atoms with Gasteiger partial charge in [0.05, 0.1) is 5.69 Å². The first kappa shape index (κ1) is 19.8. The third-order valence-corrected chi connectivity index (χ3v) is 5.12. The van der Waals surface area contributed by atoms with E-state index in [-0.39, 0.29) is 16.3 Å². The van der Waals surface area contributed by atoms with Crippen molar-refractivity contribution in [2.45, 2.75) is 20.0 Å². The van der Waals surface area contributed by atoms with E-state index in [0.717, 1.165) is 29.5 Å². The van der Waals surface area contributed by atoms with E-state index in [0.29, 0.717) is 16.3 Å². The van der Waals surface area contributed by atoms with Crippen molar-refractivity contribution >= 4 is 23.1 Å². The molecule has 3 aromatic rings. The topological polar surface area (TPSA) is 56.3 Å². The minimum absolute atomic E-state index is 0.104. The Hall–Kier alpha value is -3.00. The first-order valence-corrected chi connectivity index (χ1v) is 9.01. The maximum Gasteiger partial charge on any atom is 0.350 e. The zero-order valence-corrected chi connectivity index (χ0v) is 15.6. The second-order valence-electron chi connectivity index (χ2n) is 5.98. The van der Waals surface area contributed by atoms with Crippen molar-refractivity contribution in [2.75, 3.05) is 0 Å². The fourth-order valence-corrected chi connectivity index (χ4v) is 3.41. The van der Waals surface area contributed by atoms with Gasteiger partial charge in [0.2, 0.25) is 5.78 Å². The summed E-state index contributed by atoms with van der Waals surface area (Å²) in [6.45, 7) is 2.96. The Morgan fingerprint density at radius 3 is 2.36 bits per heavy atom. The zero-order valence-electron chi connectivity index (χ0n) is 14.8. The number of aryl methyl sites for hydroxylation is 1. The Morgan fingerprint density at radius 1 is 1.04 bits per heavy atom. The van der Waals surface area contributed by atoms with Gasteiger partial charge >= 0.3 is 5.97 Å². The number of ketones is 1.